The van der Waals surface area contributed by atoms with Crippen LogP contribution >= 0.6 is 15.9 Å². The maximum Gasteiger partial charge on any atom is 0.312 e. The molecule has 0 amide bonds. The zero-order valence-electron chi connectivity index (χ0n) is 10.9. The number of aliphatic hydroxyl groups excluding tert-OH is 1. The monoisotopic (exact) mass is 329 g/mol. The van der Waals surface area contributed by atoms with Gasteiger partial charge in [0.1, 0.15) is 0 Å². The van der Waals surface area contributed by atoms with E-state index in [1.807, 2.05) is 6.92 Å². The Morgan fingerprint density at radius 3 is 2.74 bits per heavy atom. The summed E-state index contributed by atoms with van der Waals surface area (Å²) in [6.45, 7) is 7.43. The molecule has 0 aliphatic heterocycles. The molecule has 5 nitrogen and oxygen atoms in total. The third kappa shape index (κ3) is 4.33. The molecule has 0 saturated heterocycles. The molecule has 0 heterocycles. The lowest BCUT2D eigenvalue weighted by molar-refractivity contribution is -0.386. The van der Waals surface area contributed by atoms with Crippen LogP contribution in [0.5, 0.6) is 5.75 Å². The molecule has 1 aromatic carbocycles. The molecule has 0 spiro atoms. The van der Waals surface area contributed by atoms with Crippen molar-refractivity contribution in [2.45, 2.75) is 26.4 Å². The van der Waals surface area contributed by atoms with E-state index in [0.29, 0.717) is 16.5 Å². The van der Waals surface area contributed by atoms with Gasteiger partial charge in [-0.25, -0.2) is 0 Å². The molecular formula is C13H16BrNO4. The molecule has 104 valence electrons. The van der Waals surface area contributed by atoms with Crippen LogP contribution in [-0.4, -0.2) is 16.6 Å². The first kappa shape index (κ1) is 15.7. The summed E-state index contributed by atoms with van der Waals surface area (Å²) < 4.78 is 6.00. The fraction of sp³-hybridized carbons (Fsp3) is 0.385. The summed E-state index contributed by atoms with van der Waals surface area (Å²) in [6.07, 6.45) is -0.247. The van der Waals surface area contributed by atoms with Gasteiger partial charge in [-0.05, 0) is 19.9 Å². The lowest BCUT2D eigenvalue weighted by Gasteiger charge is -2.14. The summed E-state index contributed by atoms with van der Waals surface area (Å²) in [7, 11) is 0. The van der Waals surface area contributed by atoms with E-state index in [2.05, 4.69) is 22.5 Å². The highest BCUT2D eigenvalue weighted by Crippen LogP contribution is 2.37. The molecule has 0 bridgehead atoms. The molecule has 1 atom stereocenters. The number of halogens is 1. The molecule has 0 saturated carbocycles. The van der Waals surface area contributed by atoms with Crippen LogP contribution in [0.4, 0.5) is 5.69 Å². The van der Waals surface area contributed by atoms with E-state index >= 15 is 0 Å². The van der Waals surface area contributed by atoms with Gasteiger partial charge in [0.25, 0.3) is 0 Å². The van der Waals surface area contributed by atoms with Crippen molar-refractivity contribution in [2.24, 2.45) is 0 Å². The van der Waals surface area contributed by atoms with Gasteiger partial charge in [-0.2, -0.15) is 0 Å². The first-order chi connectivity index (χ1) is 8.82. The Morgan fingerprint density at radius 2 is 2.26 bits per heavy atom. The van der Waals surface area contributed by atoms with Crippen LogP contribution in [-0.2, 0) is 0 Å². The SMILES string of the molecule is C=C(C)CCOc1c(C(C)O)cc(Br)cc1[N+](=O)[O-]. The molecular weight excluding hydrogens is 314 g/mol. The summed E-state index contributed by atoms with van der Waals surface area (Å²) in [5.41, 5.74) is 1.16. The van der Waals surface area contributed by atoms with E-state index in [1.54, 1.807) is 6.07 Å². The van der Waals surface area contributed by atoms with E-state index in [4.69, 9.17) is 4.74 Å². The van der Waals surface area contributed by atoms with Crippen molar-refractivity contribution >= 4 is 21.6 Å². The summed E-state index contributed by atoms with van der Waals surface area (Å²) in [5, 5.41) is 20.8. The molecule has 0 aliphatic rings. The smallest absolute Gasteiger partial charge is 0.312 e. The predicted octanol–water partition coefficient (Wildman–Crippen LogP) is 3.76. The van der Waals surface area contributed by atoms with Crippen molar-refractivity contribution in [3.63, 3.8) is 0 Å². The van der Waals surface area contributed by atoms with E-state index in [9.17, 15) is 15.2 Å². The van der Waals surface area contributed by atoms with E-state index in [1.165, 1.54) is 13.0 Å². The maximum atomic E-state index is 11.1. The third-order valence-corrected chi connectivity index (χ3v) is 2.94. The first-order valence-corrected chi connectivity index (χ1v) is 6.55. The molecule has 6 heteroatoms. The van der Waals surface area contributed by atoms with Crippen LogP contribution in [0.2, 0.25) is 0 Å². The average Bonchev–Trinajstić information content (AvgIpc) is 2.29. The molecule has 0 aromatic heterocycles. The lowest BCUT2D eigenvalue weighted by Crippen LogP contribution is -2.06. The van der Waals surface area contributed by atoms with Crippen LogP contribution in [0.25, 0.3) is 0 Å². The van der Waals surface area contributed by atoms with Crippen LogP contribution in [0.3, 0.4) is 0 Å². The summed E-state index contributed by atoms with van der Waals surface area (Å²) in [5.74, 6) is 0.115. The number of nitrogens with zero attached hydrogens (tertiary/aromatic N) is 1. The van der Waals surface area contributed by atoms with Crippen molar-refractivity contribution in [1.82, 2.24) is 0 Å². The average molecular weight is 330 g/mol. The molecule has 1 rings (SSSR count). The quantitative estimate of drug-likeness (QED) is 0.490. The number of hydrogen-bond acceptors (Lipinski definition) is 4. The van der Waals surface area contributed by atoms with E-state index in [-0.39, 0.29) is 18.0 Å². The predicted molar refractivity (Wildman–Crippen MR) is 76.4 cm³/mol. The van der Waals surface area contributed by atoms with Crippen LogP contribution < -0.4 is 4.74 Å². The van der Waals surface area contributed by atoms with Crippen molar-refractivity contribution in [2.75, 3.05) is 6.61 Å². The minimum Gasteiger partial charge on any atom is -0.486 e. The number of hydrogen-bond donors (Lipinski definition) is 1. The summed E-state index contributed by atoms with van der Waals surface area (Å²) in [6, 6.07) is 2.98. The Bertz CT molecular complexity index is 500. The number of benzene rings is 1. The highest BCUT2D eigenvalue weighted by Gasteiger charge is 2.23. The number of nitro benzene ring substituents is 1. The lowest BCUT2D eigenvalue weighted by atomic mass is 10.1. The molecule has 0 aliphatic carbocycles. The zero-order valence-corrected chi connectivity index (χ0v) is 12.4. The fourth-order valence-corrected chi connectivity index (χ4v) is 1.99. The van der Waals surface area contributed by atoms with Crippen molar-refractivity contribution in [3.8, 4) is 5.75 Å². The first-order valence-electron chi connectivity index (χ1n) is 5.76. The Morgan fingerprint density at radius 1 is 1.63 bits per heavy atom. The van der Waals surface area contributed by atoms with Crippen molar-refractivity contribution in [1.29, 1.82) is 0 Å². The van der Waals surface area contributed by atoms with Gasteiger partial charge in [-0.1, -0.05) is 21.5 Å². The van der Waals surface area contributed by atoms with Gasteiger partial charge in [0.2, 0.25) is 5.75 Å². The summed E-state index contributed by atoms with van der Waals surface area (Å²) in [4.78, 5) is 10.5. The fourth-order valence-electron chi connectivity index (χ4n) is 1.53. The Kier molecular flexibility index (Phi) is 5.50. The number of aliphatic hydroxyl groups is 1. The van der Waals surface area contributed by atoms with Crippen LogP contribution in [0.1, 0.15) is 31.9 Å². The second kappa shape index (κ2) is 6.68. The van der Waals surface area contributed by atoms with Crippen molar-refractivity contribution < 1.29 is 14.8 Å². The van der Waals surface area contributed by atoms with Gasteiger partial charge in [-0.3, -0.25) is 10.1 Å². The highest BCUT2D eigenvalue weighted by atomic mass is 79.9. The Hall–Kier alpha value is -1.40. The second-order valence-corrected chi connectivity index (χ2v) is 5.25. The number of rotatable bonds is 6. The second-order valence-electron chi connectivity index (χ2n) is 4.33. The minimum absolute atomic E-state index is 0.115. The summed E-state index contributed by atoms with van der Waals surface area (Å²) >= 11 is 3.19. The van der Waals surface area contributed by atoms with E-state index in [0.717, 1.165) is 5.57 Å². The maximum absolute atomic E-state index is 11.1. The van der Waals surface area contributed by atoms with Gasteiger partial charge >= 0.3 is 5.69 Å². The molecule has 1 N–H and O–H groups in total. The largest absolute Gasteiger partial charge is 0.486 e. The van der Waals surface area contributed by atoms with Gasteiger partial charge in [0.15, 0.2) is 0 Å². The molecule has 1 aromatic rings. The molecule has 0 radical (unpaired) electrons. The molecule has 19 heavy (non-hydrogen) atoms. The van der Waals surface area contributed by atoms with Gasteiger partial charge < -0.3 is 9.84 Å². The van der Waals surface area contributed by atoms with Gasteiger partial charge in [0.05, 0.1) is 17.6 Å². The van der Waals surface area contributed by atoms with Gasteiger partial charge in [0, 0.05) is 22.5 Å². The van der Waals surface area contributed by atoms with Crippen molar-refractivity contribution in [3.05, 3.63) is 44.4 Å². The normalized spacial score (nSPS) is 12.0. The highest BCUT2D eigenvalue weighted by molar-refractivity contribution is 9.10. The van der Waals surface area contributed by atoms with E-state index < -0.39 is 11.0 Å². The standard InChI is InChI=1S/C13H16BrNO4/c1-8(2)4-5-19-13-11(9(3)16)6-10(14)7-12(13)15(17)18/h6-7,9,16H,1,4-5H2,2-3H3. The molecule has 0 fully saturated rings. The topological polar surface area (TPSA) is 72.6 Å². The third-order valence-electron chi connectivity index (χ3n) is 2.48. The minimum atomic E-state index is -0.851. The molecule has 1 unspecified atom stereocenters. The van der Waals surface area contributed by atoms with Crippen LogP contribution in [0, 0.1) is 10.1 Å². The Balaban J connectivity index is 3.15. The Labute approximate surface area is 120 Å². The number of nitro groups is 1. The zero-order chi connectivity index (χ0) is 14.6. The van der Waals surface area contributed by atoms with Crippen LogP contribution in [0.15, 0.2) is 28.8 Å². The number of ether oxygens (including phenoxy) is 1. The van der Waals surface area contributed by atoms with Gasteiger partial charge in [-0.15, -0.1) is 6.58 Å².